The second-order valence-electron chi connectivity index (χ2n) is 15.2. The van der Waals surface area contributed by atoms with Crippen molar-refractivity contribution in [1.29, 1.82) is 0 Å². The molecule has 2 unspecified atom stereocenters. The first kappa shape index (κ1) is 37.2. The summed E-state index contributed by atoms with van der Waals surface area (Å²) in [5.41, 5.74) is 3.24. The van der Waals surface area contributed by atoms with Gasteiger partial charge in [-0.1, -0.05) is 42.5 Å². The third kappa shape index (κ3) is 10.5. The molecule has 2 saturated heterocycles. The Morgan fingerprint density at radius 1 is 0.627 bits per heavy atom. The molecule has 2 aliphatic rings. The van der Waals surface area contributed by atoms with Gasteiger partial charge in [-0.25, -0.2) is 9.59 Å². The molecule has 11 heteroatoms. The number of para-hydroxylation sites is 1. The fourth-order valence-electron chi connectivity index (χ4n) is 6.31. The number of carbonyl (C=O) groups is 4. The van der Waals surface area contributed by atoms with Crippen LogP contribution in [-0.2, 0) is 32.2 Å². The number of hydrogen-bond acceptors (Lipinski definition) is 7. The molecule has 2 fully saturated rings. The first-order valence-electron chi connectivity index (χ1n) is 17.7. The topological polar surface area (TPSA) is 121 Å². The van der Waals surface area contributed by atoms with Crippen LogP contribution in [0.1, 0.15) is 78.4 Å². The van der Waals surface area contributed by atoms with Crippen molar-refractivity contribution in [3.05, 3.63) is 90.0 Å². The number of amides is 4. The summed E-state index contributed by atoms with van der Waals surface area (Å²) in [6.07, 6.45) is 1.75. The molecule has 11 nitrogen and oxygen atoms in total. The van der Waals surface area contributed by atoms with Crippen molar-refractivity contribution in [1.82, 2.24) is 9.80 Å². The maximum atomic E-state index is 13.2. The van der Waals surface area contributed by atoms with E-state index in [1.54, 1.807) is 0 Å². The van der Waals surface area contributed by atoms with Gasteiger partial charge in [0, 0.05) is 43.2 Å². The van der Waals surface area contributed by atoms with Gasteiger partial charge in [-0.3, -0.25) is 19.4 Å². The van der Waals surface area contributed by atoms with Crippen LogP contribution in [-0.4, -0.2) is 70.2 Å². The van der Waals surface area contributed by atoms with E-state index in [2.05, 4.69) is 27.7 Å². The van der Waals surface area contributed by atoms with Crippen molar-refractivity contribution in [2.75, 3.05) is 28.6 Å². The Hall–Kier alpha value is -5.06. The molecule has 0 saturated carbocycles. The molecule has 5 rings (SSSR count). The van der Waals surface area contributed by atoms with Gasteiger partial charge < -0.3 is 25.0 Å². The van der Waals surface area contributed by atoms with Crippen LogP contribution in [0.3, 0.4) is 0 Å². The Morgan fingerprint density at radius 2 is 1.02 bits per heavy atom. The van der Waals surface area contributed by atoms with Gasteiger partial charge in [0.2, 0.25) is 11.8 Å². The Balaban J connectivity index is 1.20. The van der Waals surface area contributed by atoms with Crippen LogP contribution in [0, 0.1) is 0 Å². The van der Waals surface area contributed by atoms with Gasteiger partial charge in [-0.05, 0) is 115 Å². The van der Waals surface area contributed by atoms with E-state index in [-0.39, 0.29) is 11.8 Å². The van der Waals surface area contributed by atoms with Crippen LogP contribution in [0.25, 0.3) is 0 Å². The number of benzene rings is 3. The summed E-state index contributed by atoms with van der Waals surface area (Å²) < 4.78 is 11.0. The maximum absolute atomic E-state index is 13.2. The van der Waals surface area contributed by atoms with Gasteiger partial charge in [0.05, 0.1) is 0 Å². The molecular weight excluding hydrogens is 646 g/mol. The summed E-state index contributed by atoms with van der Waals surface area (Å²) in [5, 5.41) is 5.96. The van der Waals surface area contributed by atoms with Crippen LogP contribution in [0.2, 0.25) is 0 Å². The molecule has 0 bridgehead atoms. The lowest BCUT2D eigenvalue weighted by Crippen LogP contribution is -2.45. The van der Waals surface area contributed by atoms with E-state index < -0.39 is 35.5 Å². The molecule has 0 radical (unpaired) electrons. The monoisotopic (exact) mass is 697 g/mol. The van der Waals surface area contributed by atoms with Crippen LogP contribution < -0.4 is 15.5 Å². The summed E-state index contributed by atoms with van der Waals surface area (Å²) >= 11 is 0. The summed E-state index contributed by atoms with van der Waals surface area (Å²) in [6, 6.07) is 24.5. The first-order valence-corrected chi connectivity index (χ1v) is 17.7. The molecule has 3 aromatic carbocycles. The lowest BCUT2D eigenvalue weighted by atomic mass is 10.1. The lowest BCUT2D eigenvalue weighted by Gasteiger charge is -2.28. The zero-order chi connectivity index (χ0) is 36.8. The SMILES string of the molecule is CC(C)(C)OC(=O)N1CCCC1C(=O)Nc1ccc(CN(Cc2ccc(NC(=O)C3CCCN3C(=O)OC(C)(C)C)cc2)c2ccccc2)cc1. The van der Waals surface area contributed by atoms with Gasteiger partial charge in [-0.2, -0.15) is 0 Å². The molecule has 2 heterocycles. The van der Waals surface area contributed by atoms with Gasteiger partial charge in [-0.15, -0.1) is 0 Å². The highest BCUT2D eigenvalue weighted by atomic mass is 16.6. The second-order valence-corrected chi connectivity index (χ2v) is 15.2. The highest BCUT2D eigenvalue weighted by Crippen LogP contribution is 2.26. The third-order valence-corrected chi connectivity index (χ3v) is 8.68. The molecule has 272 valence electrons. The molecule has 3 aromatic rings. The predicted molar refractivity (Wildman–Crippen MR) is 198 cm³/mol. The Morgan fingerprint density at radius 3 is 1.39 bits per heavy atom. The minimum atomic E-state index is -0.630. The summed E-state index contributed by atoms with van der Waals surface area (Å²) in [4.78, 5) is 57.0. The van der Waals surface area contributed by atoms with E-state index in [0.717, 1.165) is 29.7 Å². The van der Waals surface area contributed by atoms with E-state index >= 15 is 0 Å². The van der Waals surface area contributed by atoms with E-state index in [1.165, 1.54) is 9.80 Å². The number of anilines is 3. The Bertz CT molecular complexity index is 1560. The Labute approximate surface area is 301 Å². The van der Waals surface area contributed by atoms with Gasteiger partial charge in [0.15, 0.2) is 0 Å². The van der Waals surface area contributed by atoms with Crippen molar-refractivity contribution < 1.29 is 28.7 Å². The van der Waals surface area contributed by atoms with Crippen molar-refractivity contribution in [2.45, 2.75) is 104 Å². The number of nitrogens with zero attached hydrogens (tertiary/aromatic N) is 3. The molecule has 0 spiro atoms. The zero-order valence-corrected chi connectivity index (χ0v) is 30.6. The fraction of sp³-hybridized carbons (Fsp3) is 0.450. The van der Waals surface area contributed by atoms with E-state index in [0.29, 0.717) is 50.4 Å². The van der Waals surface area contributed by atoms with Crippen LogP contribution in [0.15, 0.2) is 78.9 Å². The largest absolute Gasteiger partial charge is 0.444 e. The average Bonchev–Trinajstić information content (AvgIpc) is 3.76. The number of likely N-dealkylation sites (tertiary alicyclic amines) is 2. The standard InChI is InChI=1S/C40H51N5O6/c1-39(2,3)50-37(48)44-24-10-14-33(44)35(46)41-30-20-16-28(17-21-30)26-43(32-12-8-7-9-13-32)27-29-18-22-31(23-19-29)42-36(47)34-15-11-25-45(34)38(49)51-40(4,5)6/h7-9,12-13,16-23,33-34H,10-11,14-15,24-27H2,1-6H3,(H,41,46)(H,42,47). The molecule has 0 aromatic heterocycles. The third-order valence-electron chi connectivity index (χ3n) is 8.68. The summed E-state index contributed by atoms with van der Waals surface area (Å²) in [7, 11) is 0. The molecule has 0 aliphatic carbocycles. The fourth-order valence-corrected chi connectivity index (χ4v) is 6.31. The van der Waals surface area contributed by atoms with Crippen LogP contribution >= 0.6 is 0 Å². The molecule has 2 N–H and O–H groups in total. The van der Waals surface area contributed by atoms with Crippen LogP contribution in [0.4, 0.5) is 26.7 Å². The molecule has 4 amide bonds. The molecular formula is C40H51N5O6. The number of ether oxygens (including phenoxy) is 2. The molecule has 2 aliphatic heterocycles. The molecule has 2 atom stereocenters. The van der Waals surface area contributed by atoms with Gasteiger partial charge >= 0.3 is 12.2 Å². The first-order chi connectivity index (χ1) is 24.1. The Kier molecular flexibility index (Phi) is 11.6. The van der Waals surface area contributed by atoms with Gasteiger partial charge in [0.25, 0.3) is 0 Å². The van der Waals surface area contributed by atoms with Crippen molar-refractivity contribution in [3.63, 3.8) is 0 Å². The maximum Gasteiger partial charge on any atom is 0.410 e. The number of carbonyl (C=O) groups excluding carboxylic acids is 4. The number of hydrogen-bond donors (Lipinski definition) is 2. The summed E-state index contributed by atoms with van der Waals surface area (Å²) in [5.74, 6) is -0.444. The van der Waals surface area contributed by atoms with E-state index in [4.69, 9.17) is 9.47 Å². The van der Waals surface area contributed by atoms with Crippen LogP contribution in [0.5, 0.6) is 0 Å². The van der Waals surface area contributed by atoms with Crippen molar-refractivity contribution in [2.24, 2.45) is 0 Å². The van der Waals surface area contributed by atoms with E-state index in [9.17, 15) is 19.2 Å². The van der Waals surface area contributed by atoms with Crippen molar-refractivity contribution >= 4 is 41.1 Å². The highest BCUT2D eigenvalue weighted by molar-refractivity contribution is 5.97. The quantitative estimate of drug-likeness (QED) is 0.237. The normalized spacial score (nSPS) is 17.5. The smallest absolute Gasteiger partial charge is 0.410 e. The molecule has 51 heavy (non-hydrogen) atoms. The van der Waals surface area contributed by atoms with E-state index in [1.807, 2.05) is 108 Å². The minimum Gasteiger partial charge on any atom is -0.444 e. The number of rotatable bonds is 9. The lowest BCUT2D eigenvalue weighted by molar-refractivity contribution is -0.121. The van der Waals surface area contributed by atoms with Gasteiger partial charge in [0.1, 0.15) is 23.3 Å². The van der Waals surface area contributed by atoms with Crippen molar-refractivity contribution in [3.8, 4) is 0 Å². The zero-order valence-electron chi connectivity index (χ0n) is 30.6. The average molecular weight is 698 g/mol. The minimum absolute atomic E-state index is 0.222. The highest BCUT2D eigenvalue weighted by Gasteiger charge is 2.38. The summed E-state index contributed by atoms with van der Waals surface area (Å²) in [6.45, 7) is 13.1. The number of nitrogens with one attached hydrogen (secondary N) is 2. The second kappa shape index (κ2) is 15.9. The predicted octanol–water partition coefficient (Wildman–Crippen LogP) is 7.57.